The van der Waals surface area contributed by atoms with Crippen molar-refractivity contribution in [3.63, 3.8) is 0 Å². The van der Waals surface area contributed by atoms with Gasteiger partial charge < -0.3 is 10.8 Å². The highest BCUT2D eigenvalue weighted by Crippen LogP contribution is 2.32. The molecule has 0 saturated heterocycles. The molecule has 1 saturated carbocycles. The predicted octanol–water partition coefficient (Wildman–Crippen LogP) is 0.986. The number of benzene rings is 1. The Labute approximate surface area is 105 Å². The minimum absolute atomic E-state index is 0.303. The Bertz CT molecular complexity index is 455. The maximum Gasteiger partial charge on any atom is 0.323 e. The van der Waals surface area contributed by atoms with Crippen molar-refractivity contribution >= 4 is 17.6 Å². The molecular weight excluding hydrogens is 232 g/mol. The van der Waals surface area contributed by atoms with Gasteiger partial charge in [0.25, 0.3) is 0 Å². The van der Waals surface area contributed by atoms with E-state index in [2.05, 4.69) is 0 Å². The van der Waals surface area contributed by atoms with Crippen LogP contribution in [-0.2, 0) is 9.59 Å². The molecule has 0 spiro atoms. The number of rotatable bonds is 4. The summed E-state index contributed by atoms with van der Waals surface area (Å²) in [5.41, 5.74) is 5.66. The van der Waals surface area contributed by atoms with Crippen molar-refractivity contribution in [3.8, 4) is 0 Å². The van der Waals surface area contributed by atoms with E-state index in [1.54, 1.807) is 24.3 Å². The number of amides is 1. The Morgan fingerprint density at radius 1 is 1.28 bits per heavy atom. The first-order valence-electron chi connectivity index (χ1n) is 5.91. The van der Waals surface area contributed by atoms with Gasteiger partial charge in [-0.25, -0.2) is 0 Å². The van der Waals surface area contributed by atoms with Crippen LogP contribution in [0.15, 0.2) is 30.3 Å². The van der Waals surface area contributed by atoms with E-state index >= 15 is 0 Å². The molecule has 5 nitrogen and oxygen atoms in total. The fraction of sp³-hybridized carbons (Fsp3) is 0.385. The number of anilines is 1. The second kappa shape index (κ2) is 4.78. The van der Waals surface area contributed by atoms with Crippen molar-refractivity contribution in [3.05, 3.63) is 30.3 Å². The smallest absolute Gasteiger partial charge is 0.323 e. The van der Waals surface area contributed by atoms with Gasteiger partial charge in [-0.1, -0.05) is 18.2 Å². The summed E-state index contributed by atoms with van der Waals surface area (Å²) < 4.78 is 0. The van der Waals surface area contributed by atoms with Crippen molar-refractivity contribution in [2.45, 2.75) is 24.8 Å². The number of hydrogen-bond acceptors (Lipinski definition) is 3. The Balaban J connectivity index is 2.25. The van der Waals surface area contributed by atoms with E-state index in [9.17, 15) is 9.59 Å². The molecule has 0 bridgehead atoms. The molecule has 1 aliphatic rings. The third-order valence-corrected chi connectivity index (χ3v) is 3.28. The second-order valence-electron chi connectivity index (χ2n) is 4.63. The monoisotopic (exact) mass is 248 g/mol. The standard InChI is InChI=1S/C13H16N2O3/c14-13(7-4-8-13)12(18)15(9-11(16)17)10-5-2-1-3-6-10/h1-3,5-6H,4,7-9,14H2,(H,16,17). The summed E-state index contributed by atoms with van der Waals surface area (Å²) in [5.74, 6) is -1.35. The normalized spacial score (nSPS) is 16.7. The summed E-state index contributed by atoms with van der Waals surface area (Å²) in [4.78, 5) is 24.5. The predicted molar refractivity (Wildman–Crippen MR) is 67.2 cm³/mol. The van der Waals surface area contributed by atoms with Gasteiger partial charge >= 0.3 is 5.97 Å². The summed E-state index contributed by atoms with van der Waals surface area (Å²) in [6, 6.07) is 8.77. The Kier molecular flexibility index (Phi) is 3.34. The van der Waals surface area contributed by atoms with Gasteiger partial charge in [0.15, 0.2) is 0 Å². The highest BCUT2D eigenvalue weighted by atomic mass is 16.4. The first kappa shape index (κ1) is 12.6. The van der Waals surface area contributed by atoms with Gasteiger partial charge in [0, 0.05) is 5.69 Å². The van der Waals surface area contributed by atoms with Crippen molar-refractivity contribution in [1.29, 1.82) is 0 Å². The van der Waals surface area contributed by atoms with Crippen LogP contribution >= 0.6 is 0 Å². The molecule has 0 unspecified atom stereocenters. The third-order valence-electron chi connectivity index (χ3n) is 3.28. The molecule has 0 radical (unpaired) electrons. The molecule has 3 N–H and O–H groups in total. The molecule has 96 valence electrons. The van der Waals surface area contributed by atoms with E-state index in [1.807, 2.05) is 6.07 Å². The number of hydrogen-bond donors (Lipinski definition) is 2. The number of carboxylic acids is 1. The molecule has 0 atom stereocenters. The lowest BCUT2D eigenvalue weighted by molar-refractivity contribution is -0.137. The number of para-hydroxylation sites is 1. The number of carbonyl (C=O) groups excluding carboxylic acids is 1. The maximum atomic E-state index is 12.3. The van der Waals surface area contributed by atoms with Gasteiger partial charge in [0.1, 0.15) is 6.54 Å². The van der Waals surface area contributed by atoms with Crippen LogP contribution in [0.3, 0.4) is 0 Å². The van der Waals surface area contributed by atoms with Crippen LogP contribution in [0.2, 0.25) is 0 Å². The number of carboxylic acid groups (broad SMARTS) is 1. The fourth-order valence-corrected chi connectivity index (χ4v) is 2.06. The molecule has 1 aromatic rings. The van der Waals surface area contributed by atoms with Gasteiger partial charge in [0.2, 0.25) is 5.91 Å². The van der Waals surface area contributed by atoms with Crippen LogP contribution in [-0.4, -0.2) is 29.1 Å². The lowest BCUT2D eigenvalue weighted by Gasteiger charge is -2.39. The second-order valence-corrected chi connectivity index (χ2v) is 4.63. The number of carbonyl (C=O) groups is 2. The van der Waals surface area contributed by atoms with E-state index in [0.717, 1.165) is 6.42 Å². The zero-order valence-electron chi connectivity index (χ0n) is 10.0. The summed E-state index contributed by atoms with van der Waals surface area (Å²) in [7, 11) is 0. The quantitative estimate of drug-likeness (QED) is 0.832. The van der Waals surface area contributed by atoms with Crippen LogP contribution in [0.5, 0.6) is 0 Å². The summed E-state index contributed by atoms with van der Waals surface area (Å²) in [6.07, 6.45) is 2.15. The lowest BCUT2D eigenvalue weighted by atomic mass is 9.76. The van der Waals surface area contributed by atoms with E-state index in [0.29, 0.717) is 18.5 Å². The zero-order valence-corrected chi connectivity index (χ0v) is 10.0. The van der Waals surface area contributed by atoms with Crippen LogP contribution in [0.25, 0.3) is 0 Å². The van der Waals surface area contributed by atoms with E-state index in [-0.39, 0.29) is 12.5 Å². The zero-order chi connectivity index (χ0) is 13.2. The average molecular weight is 248 g/mol. The molecule has 2 rings (SSSR count). The van der Waals surface area contributed by atoms with Crippen LogP contribution < -0.4 is 10.6 Å². The van der Waals surface area contributed by atoms with E-state index in [4.69, 9.17) is 10.8 Å². The number of nitrogens with two attached hydrogens (primary N) is 1. The van der Waals surface area contributed by atoms with E-state index in [1.165, 1.54) is 4.90 Å². The summed E-state index contributed by atoms with van der Waals surface area (Å²) in [5, 5.41) is 8.92. The minimum Gasteiger partial charge on any atom is -0.480 e. The lowest BCUT2D eigenvalue weighted by Crippen LogP contribution is -2.60. The molecule has 1 amide bonds. The maximum absolute atomic E-state index is 12.3. The fourth-order valence-electron chi connectivity index (χ4n) is 2.06. The van der Waals surface area contributed by atoms with Crippen molar-refractivity contribution in [2.24, 2.45) is 5.73 Å². The molecule has 1 aromatic carbocycles. The molecule has 1 aliphatic carbocycles. The SMILES string of the molecule is NC1(C(=O)N(CC(=O)O)c2ccccc2)CCC1. The molecule has 5 heteroatoms. The molecular formula is C13H16N2O3. The summed E-state index contributed by atoms with van der Waals surface area (Å²) >= 11 is 0. The molecule has 0 aliphatic heterocycles. The highest BCUT2D eigenvalue weighted by Gasteiger charge is 2.43. The van der Waals surface area contributed by atoms with Crippen LogP contribution in [0.4, 0.5) is 5.69 Å². The molecule has 0 heterocycles. The van der Waals surface area contributed by atoms with Gasteiger partial charge in [-0.05, 0) is 31.4 Å². The van der Waals surface area contributed by atoms with Crippen molar-refractivity contribution in [1.82, 2.24) is 0 Å². The number of aliphatic carboxylic acids is 1. The Morgan fingerprint density at radius 3 is 2.33 bits per heavy atom. The minimum atomic E-state index is -1.05. The molecule has 0 aromatic heterocycles. The summed E-state index contributed by atoms with van der Waals surface area (Å²) in [6.45, 7) is -0.359. The van der Waals surface area contributed by atoms with Crippen LogP contribution in [0, 0.1) is 0 Å². The topological polar surface area (TPSA) is 83.6 Å². The van der Waals surface area contributed by atoms with Crippen molar-refractivity contribution < 1.29 is 14.7 Å². The van der Waals surface area contributed by atoms with Gasteiger partial charge in [-0.15, -0.1) is 0 Å². The largest absolute Gasteiger partial charge is 0.480 e. The van der Waals surface area contributed by atoms with Crippen LogP contribution in [0.1, 0.15) is 19.3 Å². The van der Waals surface area contributed by atoms with Gasteiger partial charge in [0.05, 0.1) is 5.54 Å². The van der Waals surface area contributed by atoms with E-state index < -0.39 is 11.5 Å². The average Bonchev–Trinajstić information content (AvgIpc) is 2.33. The third kappa shape index (κ3) is 2.36. The highest BCUT2D eigenvalue weighted by molar-refractivity contribution is 6.03. The van der Waals surface area contributed by atoms with Gasteiger partial charge in [-0.3, -0.25) is 14.5 Å². The first-order valence-corrected chi connectivity index (χ1v) is 5.91. The number of nitrogens with zero attached hydrogens (tertiary/aromatic N) is 1. The molecule has 1 fully saturated rings. The Hall–Kier alpha value is -1.88. The first-order chi connectivity index (χ1) is 8.53. The Morgan fingerprint density at radius 2 is 1.89 bits per heavy atom. The van der Waals surface area contributed by atoms with Crippen molar-refractivity contribution in [2.75, 3.05) is 11.4 Å². The van der Waals surface area contributed by atoms with Gasteiger partial charge in [-0.2, -0.15) is 0 Å². The molecule has 18 heavy (non-hydrogen) atoms.